The number of rotatable bonds is 5. The Morgan fingerprint density at radius 2 is 1.74 bits per heavy atom. The molecule has 2 fully saturated rings. The fourth-order valence-corrected chi connectivity index (χ4v) is 5.44. The number of carbonyl (C=O) groups excluding carboxylic acids is 2. The van der Waals surface area contributed by atoms with Gasteiger partial charge in [-0.1, -0.05) is 42.5 Å². The van der Waals surface area contributed by atoms with Crippen molar-refractivity contribution < 1.29 is 9.59 Å². The Hall–Kier alpha value is -2.83. The molecule has 2 unspecified atom stereocenters. The summed E-state index contributed by atoms with van der Waals surface area (Å²) >= 11 is 1.41. The van der Waals surface area contributed by atoms with Crippen LogP contribution >= 0.6 is 11.3 Å². The second-order valence-electron chi connectivity index (χ2n) is 8.38. The van der Waals surface area contributed by atoms with Crippen molar-refractivity contribution in [3.63, 3.8) is 0 Å². The number of nitrogens with one attached hydrogen (secondary N) is 1. The maximum Gasteiger partial charge on any atom is 0.253 e. The number of piperidine rings is 1. The van der Waals surface area contributed by atoms with E-state index in [2.05, 4.69) is 22.4 Å². The van der Waals surface area contributed by atoms with Crippen molar-refractivity contribution in [2.45, 2.75) is 6.42 Å². The number of thiazole rings is 1. The molecule has 1 aromatic heterocycles. The van der Waals surface area contributed by atoms with E-state index in [1.807, 2.05) is 52.7 Å². The Labute approximate surface area is 186 Å². The maximum atomic E-state index is 12.9. The molecule has 6 heteroatoms. The molecule has 0 bridgehead atoms. The van der Waals surface area contributed by atoms with Gasteiger partial charge in [0.05, 0.1) is 0 Å². The van der Waals surface area contributed by atoms with Crippen LogP contribution < -0.4 is 5.32 Å². The number of amides is 1. The Morgan fingerprint density at radius 3 is 2.45 bits per heavy atom. The van der Waals surface area contributed by atoms with Crippen LogP contribution in [0.3, 0.4) is 0 Å². The lowest BCUT2D eigenvalue weighted by atomic mass is 9.72. The lowest BCUT2D eigenvalue weighted by Crippen LogP contribution is -2.57. The van der Waals surface area contributed by atoms with Crippen LogP contribution in [0.4, 0.5) is 0 Å². The third-order valence-corrected chi connectivity index (χ3v) is 7.34. The zero-order valence-corrected chi connectivity index (χ0v) is 18.1. The molecule has 0 aliphatic carbocycles. The van der Waals surface area contributed by atoms with Crippen molar-refractivity contribution in [2.24, 2.45) is 17.8 Å². The zero-order valence-electron chi connectivity index (χ0n) is 17.2. The molecular formula is C25H25N3O2S. The zero-order chi connectivity index (χ0) is 21.2. The molecule has 5 rings (SSSR count). The van der Waals surface area contributed by atoms with Gasteiger partial charge in [-0.25, -0.2) is 4.98 Å². The average Bonchev–Trinajstić information content (AvgIpc) is 3.34. The van der Waals surface area contributed by atoms with Crippen LogP contribution in [-0.2, 0) is 0 Å². The Kier molecular flexibility index (Phi) is 5.66. The smallest absolute Gasteiger partial charge is 0.253 e. The first-order valence-electron chi connectivity index (χ1n) is 10.8. The minimum Gasteiger partial charge on any atom is -0.338 e. The van der Waals surface area contributed by atoms with Crippen molar-refractivity contribution >= 4 is 23.0 Å². The highest BCUT2D eigenvalue weighted by Gasteiger charge is 2.43. The summed E-state index contributed by atoms with van der Waals surface area (Å²) in [6.45, 7) is 3.09. The number of hydrogen-bond acceptors (Lipinski definition) is 5. The Bertz CT molecular complexity index is 1040. The van der Waals surface area contributed by atoms with Crippen molar-refractivity contribution in [1.82, 2.24) is 15.2 Å². The van der Waals surface area contributed by atoms with Gasteiger partial charge in [0.1, 0.15) is 0 Å². The van der Waals surface area contributed by atoms with Gasteiger partial charge in [-0.2, -0.15) is 0 Å². The van der Waals surface area contributed by atoms with Crippen LogP contribution in [0.2, 0.25) is 0 Å². The normalized spacial score (nSPS) is 21.5. The SMILES string of the molecule is O=C(c1nccs1)C1CNCCC1C1CN(C(=O)c2ccc(-c3ccccc3)cc2)C1. The Morgan fingerprint density at radius 1 is 1.00 bits per heavy atom. The van der Waals surface area contributed by atoms with Gasteiger partial charge in [0.2, 0.25) is 0 Å². The molecule has 5 nitrogen and oxygen atoms in total. The second kappa shape index (κ2) is 8.73. The van der Waals surface area contributed by atoms with Gasteiger partial charge in [-0.05, 0) is 48.1 Å². The summed E-state index contributed by atoms with van der Waals surface area (Å²) in [6, 6.07) is 18.0. The third-order valence-electron chi connectivity index (χ3n) is 6.56. The summed E-state index contributed by atoms with van der Waals surface area (Å²) in [5.41, 5.74) is 2.98. The summed E-state index contributed by atoms with van der Waals surface area (Å²) in [4.78, 5) is 32.0. The molecule has 2 atom stereocenters. The molecule has 2 saturated heterocycles. The number of Topliss-reactive ketones (excluding diaryl/α,β-unsaturated/α-hetero) is 1. The third kappa shape index (κ3) is 4.05. The minimum absolute atomic E-state index is 0.0488. The van der Waals surface area contributed by atoms with Crippen molar-refractivity contribution in [1.29, 1.82) is 0 Å². The molecule has 2 aliphatic heterocycles. The maximum absolute atomic E-state index is 12.9. The molecule has 3 heterocycles. The van der Waals surface area contributed by atoms with E-state index >= 15 is 0 Å². The molecule has 0 spiro atoms. The van der Waals surface area contributed by atoms with Crippen LogP contribution in [0.1, 0.15) is 26.6 Å². The molecular weight excluding hydrogens is 406 g/mol. The van der Waals surface area contributed by atoms with E-state index in [0.717, 1.165) is 42.7 Å². The first-order chi connectivity index (χ1) is 15.2. The summed E-state index contributed by atoms with van der Waals surface area (Å²) in [5.74, 6) is 0.860. The van der Waals surface area contributed by atoms with Crippen LogP contribution in [0.25, 0.3) is 11.1 Å². The number of ketones is 1. The number of benzene rings is 2. The first kappa shape index (κ1) is 20.1. The molecule has 3 aromatic rings. The second-order valence-corrected chi connectivity index (χ2v) is 9.27. The van der Waals surface area contributed by atoms with E-state index in [1.165, 1.54) is 11.3 Å². The lowest BCUT2D eigenvalue weighted by Gasteiger charge is -2.47. The van der Waals surface area contributed by atoms with Crippen molar-refractivity contribution in [3.8, 4) is 11.1 Å². The largest absolute Gasteiger partial charge is 0.338 e. The highest BCUT2D eigenvalue weighted by molar-refractivity contribution is 7.11. The summed E-state index contributed by atoms with van der Waals surface area (Å²) in [6.07, 6.45) is 2.66. The molecule has 0 radical (unpaired) electrons. The van der Waals surface area contributed by atoms with Gasteiger partial charge in [-0.15, -0.1) is 11.3 Å². The molecule has 0 saturated carbocycles. The fourth-order valence-electron chi connectivity index (χ4n) is 4.80. The van der Waals surface area contributed by atoms with Gasteiger partial charge in [0, 0.05) is 42.7 Å². The molecule has 1 amide bonds. The minimum atomic E-state index is -0.0488. The lowest BCUT2D eigenvalue weighted by molar-refractivity contribution is 0.0196. The van der Waals surface area contributed by atoms with Crippen LogP contribution in [0.15, 0.2) is 66.2 Å². The van der Waals surface area contributed by atoms with Gasteiger partial charge in [0.25, 0.3) is 5.91 Å². The summed E-state index contributed by atoms with van der Waals surface area (Å²) in [5, 5.41) is 5.82. The average molecular weight is 432 g/mol. The van der Waals surface area contributed by atoms with Gasteiger partial charge in [0.15, 0.2) is 10.8 Å². The summed E-state index contributed by atoms with van der Waals surface area (Å²) in [7, 11) is 0. The quantitative estimate of drug-likeness (QED) is 0.621. The number of carbonyl (C=O) groups is 2. The molecule has 1 N–H and O–H groups in total. The number of nitrogens with zero attached hydrogens (tertiary/aromatic N) is 2. The van der Waals surface area contributed by atoms with Gasteiger partial charge >= 0.3 is 0 Å². The van der Waals surface area contributed by atoms with E-state index in [1.54, 1.807) is 6.20 Å². The predicted octanol–water partition coefficient (Wildman–Crippen LogP) is 3.99. The van der Waals surface area contributed by atoms with E-state index in [0.29, 0.717) is 23.4 Å². The predicted molar refractivity (Wildman–Crippen MR) is 122 cm³/mol. The Balaban J connectivity index is 1.22. The standard InChI is InChI=1S/C25H25N3O2S/c29-23(24-27-12-13-31-24)22-14-26-11-10-21(22)20-15-28(16-20)25(30)19-8-6-18(7-9-19)17-4-2-1-3-5-17/h1-9,12-13,20-22,26H,10-11,14-16H2. The van der Waals surface area contributed by atoms with Gasteiger partial charge in [-0.3, -0.25) is 9.59 Å². The number of likely N-dealkylation sites (tertiary alicyclic amines) is 1. The van der Waals surface area contributed by atoms with Gasteiger partial charge < -0.3 is 10.2 Å². The van der Waals surface area contributed by atoms with E-state index < -0.39 is 0 Å². The fraction of sp³-hybridized carbons (Fsp3) is 0.320. The monoisotopic (exact) mass is 431 g/mol. The molecule has 158 valence electrons. The molecule has 2 aliphatic rings. The van der Waals surface area contributed by atoms with E-state index in [4.69, 9.17) is 0 Å². The summed E-state index contributed by atoms with van der Waals surface area (Å²) < 4.78 is 0. The molecule has 31 heavy (non-hydrogen) atoms. The number of hydrogen-bond donors (Lipinski definition) is 1. The van der Waals surface area contributed by atoms with Crippen LogP contribution in [-0.4, -0.2) is 47.8 Å². The highest BCUT2D eigenvalue weighted by Crippen LogP contribution is 2.36. The van der Waals surface area contributed by atoms with Crippen LogP contribution in [0, 0.1) is 17.8 Å². The van der Waals surface area contributed by atoms with Crippen molar-refractivity contribution in [2.75, 3.05) is 26.2 Å². The first-order valence-corrected chi connectivity index (χ1v) is 11.7. The molecule has 2 aromatic carbocycles. The van der Waals surface area contributed by atoms with E-state index in [-0.39, 0.29) is 17.6 Å². The topological polar surface area (TPSA) is 62.3 Å². The van der Waals surface area contributed by atoms with Crippen molar-refractivity contribution in [3.05, 3.63) is 76.7 Å². The highest BCUT2D eigenvalue weighted by atomic mass is 32.1. The number of aromatic nitrogens is 1. The van der Waals surface area contributed by atoms with E-state index in [9.17, 15) is 9.59 Å². The van der Waals surface area contributed by atoms with Crippen LogP contribution in [0.5, 0.6) is 0 Å².